The smallest absolute Gasteiger partial charge is 0.246 e. The van der Waals surface area contributed by atoms with Gasteiger partial charge in [0.25, 0.3) is 0 Å². The first-order valence-electron chi connectivity index (χ1n) is 5.81. The molecule has 0 aromatic rings. The van der Waals surface area contributed by atoms with Crippen molar-refractivity contribution < 1.29 is 14.3 Å². The summed E-state index contributed by atoms with van der Waals surface area (Å²) in [4.78, 5) is 22.8. The van der Waals surface area contributed by atoms with Crippen molar-refractivity contribution in [1.82, 2.24) is 10.6 Å². The fourth-order valence-corrected chi connectivity index (χ4v) is 1.21. The van der Waals surface area contributed by atoms with Crippen LogP contribution in [0.25, 0.3) is 0 Å². The average molecular weight is 228 g/mol. The Bertz CT molecular complexity index is 252. The van der Waals surface area contributed by atoms with E-state index in [9.17, 15) is 9.59 Å². The number of nitrogens with one attached hydrogen (secondary N) is 2. The fraction of sp³-hybridized carbons (Fsp3) is 0.818. The van der Waals surface area contributed by atoms with Crippen molar-refractivity contribution in [2.24, 2.45) is 0 Å². The topological polar surface area (TPSA) is 67.4 Å². The Kier molecular flexibility index (Phi) is 5.25. The van der Waals surface area contributed by atoms with Gasteiger partial charge in [-0.15, -0.1) is 0 Å². The van der Waals surface area contributed by atoms with E-state index in [4.69, 9.17) is 4.74 Å². The Morgan fingerprint density at radius 2 is 2.12 bits per heavy atom. The highest BCUT2D eigenvalue weighted by molar-refractivity contribution is 5.87. The molecule has 0 bridgehead atoms. The zero-order valence-electron chi connectivity index (χ0n) is 9.91. The summed E-state index contributed by atoms with van der Waals surface area (Å²) in [5, 5.41) is 5.43. The van der Waals surface area contributed by atoms with Crippen molar-refractivity contribution in [3.63, 3.8) is 0 Å². The van der Waals surface area contributed by atoms with Crippen LogP contribution in [0, 0.1) is 0 Å². The van der Waals surface area contributed by atoms with E-state index in [0.29, 0.717) is 12.6 Å². The van der Waals surface area contributed by atoms with Gasteiger partial charge in [-0.2, -0.15) is 0 Å². The second kappa shape index (κ2) is 6.48. The lowest BCUT2D eigenvalue weighted by molar-refractivity contribution is -0.131. The highest BCUT2D eigenvalue weighted by Gasteiger charge is 2.26. The monoisotopic (exact) mass is 228 g/mol. The molecule has 1 rings (SSSR count). The van der Waals surface area contributed by atoms with E-state index in [1.807, 2.05) is 6.92 Å². The van der Waals surface area contributed by atoms with Crippen molar-refractivity contribution in [2.45, 2.75) is 45.2 Å². The van der Waals surface area contributed by atoms with Gasteiger partial charge in [0, 0.05) is 12.6 Å². The second-order valence-electron chi connectivity index (χ2n) is 4.12. The minimum absolute atomic E-state index is 0.0227. The molecule has 5 heteroatoms. The second-order valence-corrected chi connectivity index (χ2v) is 4.12. The van der Waals surface area contributed by atoms with Crippen LogP contribution >= 0.6 is 0 Å². The summed E-state index contributed by atoms with van der Waals surface area (Å²) in [6, 6.07) is -0.165. The molecule has 1 aliphatic rings. The van der Waals surface area contributed by atoms with Crippen LogP contribution in [0.3, 0.4) is 0 Å². The molecule has 2 amide bonds. The highest BCUT2D eigenvalue weighted by Crippen LogP contribution is 2.18. The predicted molar refractivity (Wildman–Crippen MR) is 59.9 cm³/mol. The fourth-order valence-electron chi connectivity index (χ4n) is 1.21. The molecule has 92 valence electrons. The van der Waals surface area contributed by atoms with Crippen LogP contribution in [0.1, 0.15) is 33.1 Å². The van der Waals surface area contributed by atoms with Crippen LogP contribution in [0.2, 0.25) is 0 Å². The van der Waals surface area contributed by atoms with Gasteiger partial charge in [0.05, 0.1) is 0 Å². The van der Waals surface area contributed by atoms with Crippen molar-refractivity contribution in [3.8, 4) is 0 Å². The first kappa shape index (κ1) is 13.0. The number of amides is 2. The molecular formula is C11H20N2O3. The SMILES string of the molecule is CCCOCC(=O)NC(C)C(=O)NC1CC1. The van der Waals surface area contributed by atoms with Gasteiger partial charge in [-0.25, -0.2) is 0 Å². The molecule has 2 N–H and O–H groups in total. The summed E-state index contributed by atoms with van der Waals surface area (Å²) in [7, 11) is 0. The van der Waals surface area contributed by atoms with Crippen LogP contribution in [0.15, 0.2) is 0 Å². The van der Waals surface area contributed by atoms with Gasteiger partial charge < -0.3 is 15.4 Å². The lowest BCUT2D eigenvalue weighted by Crippen LogP contribution is -2.46. The lowest BCUT2D eigenvalue weighted by atomic mass is 10.3. The molecule has 0 spiro atoms. The van der Waals surface area contributed by atoms with E-state index in [1.54, 1.807) is 6.92 Å². The number of carbonyl (C=O) groups is 2. The van der Waals surface area contributed by atoms with Gasteiger partial charge >= 0.3 is 0 Å². The Hall–Kier alpha value is -1.10. The number of rotatable bonds is 7. The van der Waals surface area contributed by atoms with Gasteiger partial charge in [-0.3, -0.25) is 9.59 Å². The maximum Gasteiger partial charge on any atom is 0.246 e. The molecule has 5 nitrogen and oxygen atoms in total. The van der Waals surface area contributed by atoms with E-state index in [0.717, 1.165) is 19.3 Å². The molecule has 0 saturated heterocycles. The molecule has 1 aliphatic carbocycles. The Labute approximate surface area is 95.9 Å². The Morgan fingerprint density at radius 3 is 2.69 bits per heavy atom. The lowest BCUT2D eigenvalue weighted by Gasteiger charge is -2.13. The molecule has 0 aromatic carbocycles. The Balaban J connectivity index is 2.13. The molecule has 0 heterocycles. The largest absolute Gasteiger partial charge is 0.372 e. The number of carbonyl (C=O) groups excluding carboxylic acids is 2. The summed E-state index contributed by atoms with van der Waals surface area (Å²) in [5.74, 6) is -0.363. The zero-order valence-corrected chi connectivity index (χ0v) is 9.91. The van der Waals surface area contributed by atoms with Crippen molar-refractivity contribution in [1.29, 1.82) is 0 Å². The summed E-state index contributed by atoms with van der Waals surface area (Å²) < 4.78 is 5.07. The molecule has 1 saturated carbocycles. The van der Waals surface area contributed by atoms with E-state index < -0.39 is 6.04 Å². The predicted octanol–water partition coefficient (Wildman–Crippen LogP) is 0.196. The Morgan fingerprint density at radius 1 is 1.44 bits per heavy atom. The summed E-state index contributed by atoms with van der Waals surface area (Å²) >= 11 is 0. The average Bonchev–Trinajstić information content (AvgIpc) is 3.02. The van der Waals surface area contributed by atoms with Crippen LogP contribution in [-0.2, 0) is 14.3 Å². The summed E-state index contributed by atoms with van der Waals surface area (Å²) in [6.07, 6.45) is 2.98. The zero-order chi connectivity index (χ0) is 12.0. The van der Waals surface area contributed by atoms with E-state index >= 15 is 0 Å². The molecule has 1 fully saturated rings. The van der Waals surface area contributed by atoms with Gasteiger partial charge in [-0.05, 0) is 26.2 Å². The van der Waals surface area contributed by atoms with Gasteiger partial charge in [0.1, 0.15) is 12.6 Å². The van der Waals surface area contributed by atoms with Crippen LogP contribution in [0.5, 0.6) is 0 Å². The standard InChI is InChI=1S/C11H20N2O3/c1-3-6-16-7-10(14)12-8(2)11(15)13-9-4-5-9/h8-9H,3-7H2,1-2H3,(H,12,14)(H,13,15). The molecule has 0 aliphatic heterocycles. The van der Waals surface area contributed by atoms with E-state index in [1.165, 1.54) is 0 Å². The van der Waals surface area contributed by atoms with Crippen molar-refractivity contribution >= 4 is 11.8 Å². The maximum absolute atomic E-state index is 11.5. The molecule has 1 atom stereocenters. The number of ether oxygens (including phenoxy) is 1. The van der Waals surface area contributed by atoms with E-state index in [-0.39, 0.29) is 18.4 Å². The molecule has 0 aromatic heterocycles. The maximum atomic E-state index is 11.5. The van der Waals surface area contributed by atoms with E-state index in [2.05, 4.69) is 10.6 Å². The number of hydrogen-bond acceptors (Lipinski definition) is 3. The van der Waals surface area contributed by atoms with Crippen LogP contribution in [-0.4, -0.2) is 37.1 Å². The molecule has 1 unspecified atom stereocenters. The quantitative estimate of drug-likeness (QED) is 0.611. The highest BCUT2D eigenvalue weighted by atomic mass is 16.5. The molecule has 0 radical (unpaired) electrons. The molecule has 16 heavy (non-hydrogen) atoms. The first-order chi connectivity index (χ1) is 7.63. The van der Waals surface area contributed by atoms with Crippen molar-refractivity contribution in [2.75, 3.05) is 13.2 Å². The van der Waals surface area contributed by atoms with Gasteiger partial charge in [-0.1, -0.05) is 6.92 Å². The normalized spacial score (nSPS) is 16.6. The summed E-state index contributed by atoms with van der Waals surface area (Å²) in [6.45, 7) is 4.24. The van der Waals surface area contributed by atoms with Crippen LogP contribution < -0.4 is 10.6 Å². The minimum Gasteiger partial charge on any atom is -0.372 e. The third-order valence-electron chi connectivity index (χ3n) is 2.28. The third kappa shape index (κ3) is 5.11. The van der Waals surface area contributed by atoms with Gasteiger partial charge in [0.2, 0.25) is 11.8 Å². The number of hydrogen-bond donors (Lipinski definition) is 2. The minimum atomic E-state index is -0.488. The van der Waals surface area contributed by atoms with Crippen LogP contribution in [0.4, 0.5) is 0 Å². The third-order valence-corrected chi connectivity index (χ3v) is 2.28. The molecular weight excluding hydrogens is 208 g/mol. The van der Waals surface area contributed by atoms with Crippen molar-refractivity contribution in [3.05, 3.63) is 0 Å². The summed E-state index contributed by atoms with van der Waals surface area (Å²) in [5.41, 5.74) is 0. The van der Waals surface area contributed by atoms with Gasteiger partial charge in [0.15, 0.2) is 0 Å². The first-order valence-corrected chi connectivity index (χ1v) is 5.81.